The fourth-order valence-electron chi connectivity index (χ4n) is 5.71. The van der Waals surface area contributed by atoms with Gasteiger partial charge in [-0.2, -0.15) is 22.7 Å². The minimum atomic E-state index is -4.61. The predicted molar refractivity (Wildman–Crippen MR) is 178 cm³/mol. The van der Waals surface area contributed by atoms with Crippen LogP contribution in [0.25, 0.3) is 11.4 Å². The number of carbonyl (C=O) groups is 2. The van der Waals surface area contributed by atoms with Crippen LogP contribution in [-0.4, -0.2) is 93.1 Å². The summed E-state index contributed by atoms with van der Waals surface area (Å²) in [4.78, 5) is 52.6. The number of piperazine rings is 1. The molecule has 260 valence electrons. The molecule has 4 heterocycles. The molecule has 2 amide bonds. The van der Waals surface area contributed by atoms with Crippen molar-refractivity contribution in [2.75, 3.05) is 56.7 Å². The van der Waals surface area contributed by atoms with Gasteiger partial charge >= 0.3 is 6.18 Å². The molecule has 2 N–H and O–H groups in total. The van der Waals surface area contributed by atoms with E-state index >= 15 is 0 Å². The van der Waals surface area contributed by atoms with E-state index < -0.39 is 29.1 Å². The van der Waals surface area contributed by atoms with Gasteiger partial charge in [0.2, 0.25) is 11.7 Å². The zero-order chi connectivity index (χ0) is 35.5. The Morgan fingerprint density at radius 1 is 1.22 bits per heavy atom. The van der Waals surface area contributed by atoms with Crippen LogP contribution in [0.3, 0.4) is 0 Å². The number of ether oxygens (including phenoxy) is 1. The Morgan fingerprint density at radius 2 is 1.96 bits per heavy atom. The SMILES string of the molecule is C=C/C=C(/O)C(=NC)C(=O)N1CCN(c2c(CC)n(CC(=O)Nc3ccc(C(F)(F)F)cc3Cl)c3nc(C4=CCOCC4)nn3c2=O)CC1. The third-order valence-corrected chi connectivity index (χ3v) is 8.42. The van der Waals surface area contributed by atoms with Crippen molar-refractivity contribution in [3.63, 3.8) is 0 Å². The van der Waals surface area contributed by atoms with Crippen molar-refractivity contribution in [1.29, 1.82) is 0 Å². The molecule has 0 radical (unpaired) electrons. The standard InChI is InChI=1S/C32H34ClF3N8O5/c1-4-6-24(45)26(37-3)29(47)42-13-11-41(12-14-42)27-23(5-2)43(18-25(46)38-22-8-7-20(17-21(22)33)32(34,35)36)31-39-28(40-44(31)30(27)48)19-9-15-49-16-10-19/h4,6-9,17,45H,1,5,10-16,18H2,2-3H3,(H,38,46)/b24-6+,37-26?. The Hall–Kier alpha value is -4.96. The molecule has 0 bridgehead atoms. The van der Waals surface area contributed by atoms with Crippen LogP contribution in [-0.2, 0) is 33.5 Å². The van der Waals surface area contributed by atoms with E-state index in [-0.39, 0.29) is 66.4 Å². The topological polar surface area (TPSA) is 147 Å². The van der Waals surface area contributed by atoms with Gasteiger partial charge in [-0.3, -0.25) is 19.4 Å². The lowest BCUT2D eigenvalue weighted by atomic mass is 10.1. The molecule has 1 saturated heterocycles. The highest BCUT2D eigenvalue weighted by atomic mass is 35.5. The molecule has 0 spiro atoms. The maximum Gasteiger partial charge on any atom is 0.416 e. The lowest BCUT2D eigenvalue weighted by Gasteiger charge is -2.36. The molecular formula is C32H34ClF3N8O5. The first-order valence-corrected chi connectivity index (χ1v) is 15.7. The van der Waals surface area contributed by atoms with Crippen molar-refractivity contribution in [1.82, 2.24) is 24.1 Å². The number of halogens is 4. The number of nitrogens with zero attached hydrogens (tertiary/aromatic N) is 7. The molecule has 1 fully saturated rings. The number of hydrogen-bond acceptors (Lipinski definition) is 9. The highest BCUT2D eigenvalue weighted by molar-refractivity contribution is 6.44. The Morgan fingerprint density at radius 3 is 2.55 bits per heavy atom. The monoisotopic (exact) mass is 702 g/mol. The highest BCUT2D eigenvalue weighted by Gasteiger charge is 2.32. The molecule has 0 aliphatic carbocycles. The summed E-state index contributed by atoms with van der Waals surface area (Å²) in [6.45, 7) is 6.63. The number of aliphatic hydroxyl groups is 1. The molecule has 1 aromatic carbocycles. The summed E-state index contributed by atoms with van der Waals surface area (Å²) in [5.41, 5.74) is -0.0678. The van der Waals surface area contributed by atoms with E-state index in [1.165, 1.54) is 24.1 Å². The number of carbonyl (C=O) groups excluding carboxylic acids is 2. The average Bonchev–Trinajstić information content (AvgIpc) is 3.53. The van der Waals surface area contributed by atoms with Crippen LogP contribution in [0.1, 0.15) is 30.4 Å². The second kappa shape index (κ2) is 14.7. The summed E-state index contributed by atoms with van der Waals surface area (Å²) < 4.78 is 47.6. The third-order valence-electron chi connectivity index (χ3n) is 8.11. The van der Waals surface area contributed by atoms with Crippen molar-refractivity contribution in [3.8, 4) is 0 Å². The smallest absolute Gasteiger partial charge is 0.416 e. The van der Waals surface area contributed by atoms with Crippen molar-refractivity contribution >= 4 is 51.9 Å². The van der Waals surface area contributed by atoms with Gasteiger partial charge in [-0.25, -0.2) is 0 Å². The Kier molecular flexibility index (Phi) is 10.6. The Bertz CT molecular complexity index is 1940. The number of aliphatic hydroxyl groups excluding tert-OH is 1. The number of amides is 2. The number of anilines is 2. The van der Waals surface area contributed by atoms with Gasteiger partial charge in [0.1, 0.15) is 18.0 Å². The van der Waals surface area contributed by atoms with Gasteiger partial charge in [-0.1, -0.05) is 37.3 Å². The molecule has 0 unspecified atom stereocenters. The number of alkyl halides is 3. The van der Waals surface area contributed by atoms with Gasteiger partial charge in [0.15, 0.2) is 11.5 Å². The van der Waals surface area contributed by atoms with Crippen molar-refractivity contribution in [2.45, 2.75) is 32.5 Å². The molecule has 0 saturated carbocycles. The van der Waals surface area contributed by atoms with Crippen LogP contribution in [0.2, 0.25) is 5.02 Å². The van der Waals surface area contributed by atoms with Gasteiger partial charge in [-0.05, 0) is 42.7 Å². The molecule has 17 heteroatoms. The first-order chi connectivity index (χ1) is 23.4. The minimum Gasteiger partial charge on any atom is -0.505 e. The average molecular weight is 703 g/mol. The number of allylic oxidation sites excluding steroid dienone is 2. The number of fused-ring (bicyclic) bond motifs is 1. The largest absolute Gasteiger partial charge is 0.505 e. The predicted octanol–water partition coefficient (Wildman–Crippen LogP) is 3.92. The molecule has 2 aliphatic heterocycles. The normalized spacial score (nSPS) is 16.2. The maximum atomic E-state index is 14.1. The van der Waals surface area contributed by atoms with Crippen LogP contribution in [0.5, 0.6) is 0 Å². The Balaban J connectivity index is 1.51. The second-order valence-corrected chi connectivity index (χ2v) is 11.5. The van der Waals surface area contributed by atoms with E-state index in [1.54, 1.807) is 4.57 Å². The Labute approximate surface area is 283 Å². The van der Waals surface area contributed by atoms with E-state index in [0.717, 1.165) is 28.3 Å². The summed E-state index contributed by atoms with van der Waals surface area (Å²) in [5, 5.41) is 17.0. The van der Waals surface area contributed by atoms with Crippen LogP contribution < -0.4 is 15.8 Å². The summed E-state index contributed by atoms with van der Waals surface area (Å²) in [6.07, 6.45) is 0.626. The quantitative estimate of drug-likeness (QED) is 0.194. The first-order valence-electron chi connectivity index (χ1n) is 15.4. The highest BCUT2D eigenvalue weighted by Crippen LogP contribution is 2.34. The van der Waals surface area contributed by atoms with E-state index in [9.17, 15) is 32.7 Å². The number of aliphatic imine (C=N–C) groups is 1. The van der Waals surface area contributed by atoms with Gasteiger partial charge < -0.3 is 29.5 Å². The number of nitrogens with one attached hydrogen (secondary N) is 1. The summed E-state index contributed by atoms with van der Waals surface area (Å²) in [5.74, 6) is -1.02. The first kappa shape index (κ1) is 35.3. The molecular weight excluding hydrogens is 669 g/mol. The fourth-order valence-corrected chi connectivity index (χ4v) is 5.94. The molecule has 49 heavy (non-hydrogen) atoms. The minimum absolute atomic E-state index is 0.0192. The maximum absolute atomic E-state index is 14.1. The molecule has 2 aromatic heterocycles. The van der Waals surface area contributed by atoms with Crippen LogP contribution in [0, 0.1) is 0 Å². The molecule has 0 atom stereocenters. The molecule has 3 aromatic rings. The lowest BCUT2D eigenvalue weighted by molar-refractivity contribution is -0.137. The van der Waals surface area contributed by atoms with Crippen LogP contribution in [0.4, 0.5) is 24.5 Å². The number of rotatable bonds is 9. The van der Waals surface area contributed by atoms with E-state index in [0.29, 0.717) is 37.6 Å². The van der Waals surface area contributed by atoms with Gasteiger partial charge in [0.25, 0.3) is 11.5 Å². The zero-order valence-electron chi connectivity index (χ0n) is 26.8. The van der Waals surface area contributed by atoms with Crippen molar-refractivity contribution < 1.29 is 32.6 Å². The van der Waals surface area contributed by atoms with Crippen LogP contribution >= 0.6 is 11.6 Å². The third kappa shape index (κ3) is 7.39. The number of aromatic nitrogens is 4. The lowest BCUT2D eigenvalue weighted by Crippen LogP contribution is -2.52. The number of hydrogen-bond donors (Lipinski definition) is 2. The molecule has 5 rings (SSSR count). The molecule has 13 nitrogen and oxygen atoms in total. The second-order valence-electron chi connectivity index (χ2n) is 11.1. The summed E-state index contributed by atoms with van der Waals surface area (Å²) in [7, 11) is 1.40. The van der Waals surface area contributed by atoms with E-state index in [1.807, 2.05) is 17.9 Å². The molecule has 2 aliphatic rings. The van der Waals surface area contributed by atoms with Crippen molar-refractivity contribution in [2.24, 2.45) is 4.99 Å². The van der Waals surface area contributed by atoms with Gasteiger partial charge in [-0.15, -0.1) is 5.10 Å². The zero-order valence-corrected chi connectivity index (χ0v) is 27.5. The van der Waals surface area contributed by atoms with Crippen LogP contribution in [0.15, 0.2) is 58.6 Å². The fraction of sp³-hybridized carbons (Fsp3) is 0.375. The van der Waals surface area contributed by atoms with Gasteiger partial charge in [0.05, 0.1) is 35.2 Å². The van der Waals surface area contributed by atoms with E-state index in [4.69, 9.17) is 16.3 Å². The summed E-state index contributed by atoms with van der Waals surface area (Å²) >= 11 is 6.10. The van der Waals surface area contributed by atoms with Crippen molar-refractivity contribution in [3.05, 3.63) is 81.2 Å². The number of benzene rings is 1. The van der Waals surface area contributed by atoms with E-state index in [2.05, 4.69) is 27.0 Å². The van der Waals surface area contributed by atoms with Gasteiger partial charge in [0, 0.05) is 33.2 Å². The summed E-state index contributed by atoms with van der Waals surface area (Å²) in [6, 6.07) is 2.62.